The molecule has 7 nitrogen and oxygen atoms in total. The molecule has 1 aromatic heterocycles. The highest BCUT2D eigenvalue weighted by Crippen LogP contribution is 2.15. The van der Waals surface area contributed by atoms with Gasteiger partial charge in [-0.25, -0.2) is 9.71 Å². The monoisotopic (exact) mass is 342 g/mol. The molecular formula is C15H26N4O3S. The van der Waals surface area contributed by atoms with Gasteiger partial charge in [0, 0.05) is 46.5 Å². The smallest absolute Gasteiger partial charge is 0.279 e. The SMILES string of the molecule is COC1CCN(S(=O)(=O)NCCCN(C)c2ccccn2)CC1. The molecule has 1 fully saturated rings. The molecule has 0 saturated carbocycles. The lowest BCUT2D eigenvalue weighted by atomic mass is 10.1. The fraction of sp³-hybridized carbons (Fsp3) is 0.667. The molecule has 0 atom stereocenters. The largest absolute Gasteiger partial charge is 0.381 e. The van der Waals surface area contributed by atoms with Gasteiger partial charge in [0.25, 0.3) is 10.2 Å². The average molecular weight is 342 g/mol. The first-order valence-corrected chi connectivity index (χ1v) is 9.36. The Morgan fingerprint density at radius 1 is 1.39 bits per heavy atom. The van der Waals surface area contributed by atoms with Crippen LogP contribution >= 0.6 is 0 Å². The summed E-state index contributed by atoms with van der Waals surface area (Å²) in [5.41, 5.74) is 0. The van der Waals surface area contributed by atoms with Gasteiger partial charge in [0.05, 0.1) is 6.10 Å². The number of hydrogen-bond donors (Lipinski definition) is 1. The van der Waals surface area contributed by atoms with Crippen molar-refractivity contribution in [1.29, 1.82) is 0 Å². The van der Waals surface area contributed by atoms with Crippen LogP contribution in [0.15, 0.2) is 24.4 Å². The number of hydrogen-bond acceptors (Lipinski definition) is 5. The predicted molar refractivity (Wildman–Crippen MR) is 90.7 cm³/mol. The predicted octanol–water partition coefficient (Wildman–Crippen LogP) is 0.853. The Bertz CT molecular complexity index is 559. The van der Waals surface area contributed by atoms with Crippen molar-refractivity contribution in [3.63, 3.8) is 0 Å². The number of rotatable bonds is 8. The van der Waals surface area contributed by atoms with Crippen molar-refractivity contribution in [3.8, 4) is 0 Å². The lowest BCUT2D eigenvalue weighted by Gasteiger charge is -2.30. The Balaban J connectivity index is 1.71. The maximum Gasteiger partial charge on any atom is 0.279 e. The van der Waals surface area contributed by atoms with Crippen molar-refractivity contribution >= 4 is 16.0 Å². The summed E-state index contributed by atoms with van der Waals surface area (Å²) >= 11 is 0. The van der Waals surface area contributed by atoms with Crippen LogP contribution in [0.1, 0.15) is 19.3 Å². The third-order valence-electron chi connectivity index (χ3n) is 4.07. The van der Waals surface area contributed by atoms with E-state index in [0.29, 0.717) is 19.6 Å². The van der Waals surface area contributed by atoms with Crippen LogP contribution in [0.5, 0.6) is 0 Å². The van der Waals surface area contributed by atoms with Crippen molar-refractivity contribution in [2.75, 3.05) is 45.2 Å². The molecule has 0 unspecified atom stereocenters. The van der Waals surface area contributed by atoms with E-state index in [9.17, 15) is 8.42 Å². The molecule has 1 aromatic rings. The van der Waals surface area contributed by atoms with Crippen LogP contribution < -0.4 is 9.62 Å². The van der Waals surface area contributed by atoms with Crippen molar-refractivity contribution in [2.24, 2.45) is 0 Å². The van der Waals surface area contributed by atoms with E-state index in [0.717, 1.165) is 31.6 Å². The first-order valence-electron chi connectivity index (χ1n) is 7.92. The zero-order chi connectivity index (χ0) is 16.7. The Hall–Kier alpha value is -1.22. The second kappa shape index (κ2) is 8.58. The first kappa shape index (κ1) is 18.1. The molecule has 2 rings (SSSR count). The number of piperidine rings is 1. The molecule has 23 heavy (non-hydrogen) atoms. The summed E-state index contributed by atoms with van der Waals surface area (Å²) in [7, 11) is 0.239. The lowest BCUT2D eigenvalue weighted by Crippen LogP contribution is -2.46. The topological polar surface area (TPSA) is 74.8 Å². The first-order chi connectivity index (χ1) is 11.0. The normalized spacial score (nSPS) is 17.3. The number of anilines is 1. The molecule has 1 aliphatic heterocycles. The number of methoxy groups -OCH3 is 1. The lowest BCUT2D eigenvalue weighted by molar-refractivity contribution is 0.0602. The van der Waals surface area contributed by atoms with Crippen molar-refractivity contribution in [3.05, 3.63) is 24.4 Å². The summed E-state index contributed by atoms with van der Waals surface area (Å²) < 4.78 is 33.9. The maximum atomic E-state index is 12.2. The third kappa shape index (κ3) is 5.42. The summed E-state index contributed by atoms with van der Waals surface area (Å²) in [6.07, 6.45) is 4.15. The quantitative estimate of drug-likeness (QED) is 0.709. The third-order valence-corrected chi connectivity index (χ3v) is 5.68. The van der Waals surface area contributed by atoms with Gasteiger partial charge in [-0.1, -0.05) is 6.07 Å². The number of pyridine rings is 1. The van der Waals surface area contributed by atoms with Crippen LogP contribution in [-0.2, 0) is 14.9 Å². The molecule has 130 valence electrons. The minimum atomic E-state index is -3.38. The van der Waals surface area contributed by atoms with E-state index >= 15 is 0 Å². The van der Waals surface area contributed by atoms with Crippen LogP contribution in [-0.4, -0.2) is 64.1 Å². The molecule has 1 saturated heterocycles. The van der Waals surface area contributed by atoms with Crippen LogP contribution in [0.25, 0.3) is 0 Å². The molecule has 1 aliphatic rings. The maximum absolute atomic E-state index is 12.2. The summed E-state index contributed by atoms with van der Waals surface area (Å²) in [6.45, 7) is 2.19. The average Bonchev–Trinajstić information content (AvgIpc) is 2.59. The Labute approximate surface area is 138 Å². The number of nitrogens with one attached hydrogen (secondary N) is 1. The van der Waals surface area contributed by atoms with Crippen LogP contribution in [0, 0.1) is 0 Å². The van der Waals surface area contributed by atoms with E-state index in [4.69, 9.17) is 4.74 Å². The Morgan fingerprint density at radius 3 is 2.74 bits per heavy atom. The number of ether oxygens (including phenoxy) is 1. The van der Waals surface area contributed by atoms with Gasteiger partial charge in [0.2, 0.25) is 0 Å². The van der Waals surface area contributed by atoms with E-state index in [1.807, 2.05) is 30.1 Å². The molecule has 0 radical (unpaired) electrons. The van der Waals surface area contributed by atoms with Crippen LogP contribution in [0.4, 0.5) is 5.82 Å². The van der Waals surface area contributed by atoms with Crippen LogP contribution in [0.2, 0.25) is 0 Å². The highest BCUT2D eigenvalue weighted by Gasteiger charge is 2.27. The van der Waals surface area contributed by atoms with E-state index < -0.39 is 10.2 Å². The minimum Gasteiger partial charge on any atom is -0.381 e. The molecule has 0 bridgehead atoms. The van der Waals surface area contributed by atoms with E-state index in [-0.39, 0.29) is 6.10 Å². The highest BCUT2D eigenvalue weighted by molar-refractivity contribution is 7.87. The van der Waals surface area contributed by atoms with Gasteiger partial charge in [-0.2, -0.15) is 12.7 Å². The molecular weight excluding hydrogens is 316 g/mol. The van der Waals surface area contributed by atoms with Crippen LogP contribution in [0.3, 0.4) is 0 Å². The minimum absolute atomic E-state index is 0.175. The zero-order valence-corrected chi connectivity index (χ0v) is 14.6. The second-order valence-corrected chi connectivity index (χ2v) is 7.45. The molecule has 8 heteroatoms. The number of nitrogens with zero attached hydrogens (tertiary/aromatic N) is 3. The van der Waals surface area contributed by atoms with Gasteiger partial charge in [-0.3, -0.25) is 0 Å². The highest BCUT2D eigenvalue weighted by atomic mass is 32.2. The number of aromatic nitrogens is 1. The van der Waals surface area contributed by atoms with Crippen molar-refractivity contribution < 1.29 is 13.2 Å². The Morgan fingerprint density at radius 2 is 2.13 bits per heavy atom. The summed E-state index contributed by atoms with van der Waals surface area (Å²) in [6, 6.07) is 5.74. The van der Waals surface area contributed by atoms with Gasteiger partial charge < -0.3 is 9.64 Å². The van der Waals surface area contributed by atoms with Crippen molar-refractivity contribution in [1.82, 2.24) is 14.0 Å². The molecule has 0 amide bonds. The summed E-state index contributed by atoms with van der Waals surface area (Å²) in [5.74, 6) is 0.886. The zero-order valence-electron chi connectivity index (χ0n) is 13.8. The molecule has 2 heterocycles. The van der Waals surface area contributed by atoms with E-state index in [1.54, 1.807) is 13.3 Å². The molecule has 0 aromatic carbocycles. The van der Waals surface area contributed by atoms with E-state index in [1.165, 1.54) is 4.31 Å². The van der Waals surface area contributed by atoms with Crippen molar-refractivity contribution in [2.45, 2.75) is 25.4 Å². The fourth-order valence-corrected chi connectivity index (χ4v) is 3.89. The summed E-state index contributed by atoms with van der Waals surface area (Å²) in [5, 5.41) is 0. The standard InChI is InChI=1S/C15H26N4O3S/c1-18(15-6-3-4-9-16-15)11-5-10-17-23(20,21)19-12-7-14(22-2)8-13-19/h3-4,6,9,14,17H,5,7-8,10-13H2,1-2H3. The van der Waals surface area contributed by atoms with Gasteiger partial charge in [0.1, 0.15) is 5.82 Å². The van der Waals surface area contributed by atoms with Gasteiger partial charge in [-0.05, 0) is 31.4 Å². The molecule has 0 spiro atoms. The molecule has 1 N–H and O–H groups in total. The van der Waals surface area contributed by atoms with E-state index in [2.05, 4.69) is 9.71 Å². The molecule has 0 aliphatic carbocycles. The van der Waals surface area contributed by atoms with Gasteiger partial charge in [-0.15, -0.1) is 0 Å². The van der Waals surface area contributed by atoms with Gasteiger partial charge in [0.15, 0.2) is 0 Å². The fourth-order valence-electron chi connectivity index (χ4n) is 2.61. The Kier molecular flexibility index (Phi) is 6.76. The van der Waals surface area contributed by atoms with Gasteiger partial charge >= 0.3 is 0 Å². The second-order valence-electron chi connectivity index (χ2n) is 5.70. The summed E-state index contributed by atoms with van der Waals surface area (Å²) in [4.78, 5) is 6.27.